The highest BCUT2D eigenvalue weighted by molar-refractivity contribution is 5.90. The SMILES string of the molecule is COC(=O)c1c[nH]c(-c2cc(Oc3ccc(NC(C)=O)cc3)ccn2)c1. The molecule has 2 aromatic heterocycles. The molecule has 0 bridgehead atoms. The topological polar surface area (TPSA) is 93.3 Å². The van der Waals surface area contributed by atoms with Crippen molar-refractivity contribution in [1.29, 1.82) is 0 Å². The molecule has 2 heterocycles. The van der Waals surface area contributed by atoms with Crippen LogP contribution in [0.3, 0.4) is 0 Å². The largest absolute Gasteiger partial charge is 0.465 e. The zero-order chi connectivity index (χ0) is 18.5. The van der Waals surface area contributed by atoms with Crippen LogP contribution in [0.1, 0.15) is 17.3 Å². The molecule has 0 aliphatic carbocycles. The highest BCUT2D eigenvalue weighted by Crippen LogP contribution is 2.26. The molecule has 0 radical (unpaired) electrons. The lowest BCUT2D eigenvalue weighted by atomic mass is 10.2. The number of aromatic nitrogens is 2. The summed E-state index contributed by atoms with van der Waals surface area (Å²) in [5.41, 5.74) is 2.43. The van der Waals surface area contributed by atoms with Crippen molar-refractivity contribution in [3.63, 3.8) is 0 Å². The maximum Gasteiger partial charge on any atom is 0.339 e. The van der Waals surface area contributed by atoms with Gasteiger partial charge in [-0.25, -0.2) is 4.79 Å². The van der Waals surface area contributed by atoms with Crippen molar-refractivity contribution in [3.05, 3.63) is 60.4 Å². The number of nitrogens with one attached hydrogen (secondary N) is 2. The average molecular weight is 351 g/mol. The Kier molecular flexibility index (Phi) is 4.98. The lowest BCUT2D eigenvalue weighted by Gasteiger charge is -2.08. The fraction of sp³-hybridized carbons (Fsp3) is 0.105. The molecule has 26 heavy (non-hydrogen) atoms. The number of methoxy groups -OCH3 is 1. The molecular weight excluding hydrogens is 334 g/mol. The minimum Gasteiger partial charge on any atom is -0.465 e. The van der Waals surface area contributed by atoms with Crippen molar-refractivity contribution in [3.8, 4) is 22.9 Å². The number of rotatable bonds is 5. The molecule has 0 aliphatic rings. The van der Waals surface area contributed by atoms with Crippen molar-refractivity contribution in [2.75, 3.05) is 12.4 Å². The van der Waals surface area contributed by atoms with E-state index in [1.54, 1.807) is 54.9 Å². The first-order chi connectivity index (χ1) is 12.5. The number of anilines is 1. The minimum absolute atomic E-state index is 0.130. The quantitative estimate of drug-likeness (QED) is 0.685. The van der Waals surface area contributed by atoms with E-state index in [0.717, 1.165) is 0 Å². The van der Waals surface area contributed by atoms with Gasteiger partial charge in [-0.3, -0.25) is 9.78 Å². The van der Waals surface area contributed by atoms with Crippen molar-refractivity contribution in [2.24, 2.45) is 0 Å². The lowest BCUT2D eigenvalue weighted by molar-refractivity contribution is -0.114. The molecule has 3 rings (SSSR count). The van der Waals surface area contributed by atoms with Crippen LogP contribution in [0.2, 0.25) is 0 Å². The minimum atomic E-state index is -0.417. The Morgan fingerprint density at radius 1 is 1.08 bits per heavy atom. The molecule has 0 saturated heterocycles. The van der Waals surface area contributed by atoms with Crippen LogP contribution in [0.15, 0.2) is 54.9 Å². The Balaban J connectivity index is 1.76. The van der Waals surface area contributed by atoms with Gasteiger partial charge in [0.1, 0.15) is 11.5 Å². The molecule has 7 heteroatoms. The second-order valence-electron chi connectivity index (χ2n) is 5.48. The van der Waals surface area contributed by atoms with Crippen LogP contribution >= 0.6 is 0 Å². The molecule has 132 valence electrons. The number of esters is 1. The number of hydrogen-bond acceptors (Lipinski definition) is 5. The van der Waals surface area contributed by atoms with E-state index in [1.807, 2.05) is 0 Å². The van der Waals surface area contributed by atoms with Crippen LogP contribution in [-0.2, 0) is 9.53 Å². The average Bonchev–Trinajstić information content (AvgIpc) is 3.13. The van der Waals surface area contributed by atoms with Crippen molar-refractivity contribution in [1.82, 2.24) is 9.97 Å². The number of hydrogen-bond donors (Lipinski definition) is 2. The van der Waals surface area contributed by atoms with Gasteiger partial charge in [-0.05, 0) is 36.4 Å². The molecule has 0 spiro atoms. The third-order valence-corrected chi connectivity index (χ3v) is 3.52. The first kappa shape index (κ1) is 17.2. The first-order valence-corrected chi connectivity index (χ1v) is 7.84. The highest BCUT2D eigenvalue weighted by Gasteiger charge is 2.11. The summed E-state index contributed by atoms with van der Waals surface area (Å²) in [7, 11) is 1.33. The van der Waals surface area contributed by atoms with Crippen LogP contribution in [-0.4, -0.2) is 29.0 Å². The normalized spacial score (nSPS) is 10.2. The zero-order valence-electron chi connectivity index (χ0n) is 14.3. The zero-order valence-corrected chi connectivity index (χ0v) is 14.3. The van der Waals surface area contributed by atoms with Gasteiger partial charge >= 0.3 is 5.97 Å². The van der Waals surface area contributed by atoms with E-state index in [1.165, 1.54) is 14.0 Å². The fourth-order valence-corrected chi connectivity index (χ4v) is 2.35. The summed E-state index contributed by atoms with van der Waals surface area (Å²) in [5.74, 6) is 0.670. The van der Waals surface area contributed by atoms with Gasteiger partial charge in [0, 0.05) is 31.1 Å². The van der Waals surface area contributed by atoms with E-state index >= 15 is 0 Å². The molecule has 0 aliphatic heterocycles. The molecule has 0 unspecified atom stereocenters. The molecule has 1 amide bonds. The monoisotopic (exact) mass is 351 g/mol. The number of carbonyl (C=O) groups excluding carboxylic acids is 2. The smallest absolute Gasteiger partial charge is 0.339 e. The van der Waals surface area contributed by atoms with Gasteiger partial charge in [0.05, 0.1) is 24.1 Å². The predicted octanol–water partition coefficient (Wildman–Crippen LogP) is 3.61. The number of ether oxygens (including phenoxy) is 2. The summed E-state index contributed by atoms with van der Waals surface area (Å²) in [6, 6.07) is 12.2. The van der Waals surface area contributed by atoms with E-state index in [2.05, 4.69) is 15.3 Å². The number of aromatic amines is 1. The Labute approximate surface area is 150 Å². The number of H-pyrrole nitrogens is 1. The van der Waals surface area contributed by atoms with E-state index in [9.17, 15) is 9.59 Å². The van der Waals surface area contributed by atoms with Gasteiger partial charge in [0.25, 0.3) is 0 Å². The van der Waals surface area contributed by atoms with Gasteiger partial charge in [0.15, 0.2) is 0 Å². The number of carbonyl (C=O) groups is 2. The molecule has 2 N–H and O–H groups in total. The van der Waals surface area contributed by atoms with Crippen LogP contribution in [0.25, 0.3) is 11.4 Å². The van der Waals surface area contributed by atoms with Gasteiger partial charge in [0.2, 0.25) is 5.91 Å². The van der Waals surface area contributed by atoms with E-state index < -0.39 is 5.97 Å². The second kappa shape index (κ2) is 7.52. The molecule has 0 atom stereocenters. The van der Waals surface area contributed by atoms with Crippen LogP contribution < -0.4 is 10.1 Å². The molecule has 7 nitrogen and oxygen atoms in total. The van der Waals surface area contributed by atoms with Crippen molar-refractivity contribution >= 4 is 17.6 Å². The van der Waals surface area contributed by atoms with E-state index in [4.69, 9.17) is 9.47 Å². The van der Waals surface area contributed by atoms with Gasteiger partial charge in [-0.15, -0.1) is 0 Å². The predicted molar refractivity (Wildman–Crippen MR) is 96.2 cm³/mol. The van der Waals surface area contributed by atoms with Crippen LogP contribution in [0, 0.1) is 0 Å². The first-order valence-electron chi connectivity index (χ1n) is 7.84. The molecule has 0 fully saturated rings. The van der Waals surface area contributed by atoms with Crippen LogP contribution in [0.4, 0.5) is 5.69 Å². The second-order valence-corrected chi connectivity index (χ2v) is 5.48. The van der Waals surface area contributed by atoms with E-state index in [0.29, 0.717) is 34.1 Å². The third kappa shape index (κ3) is 4.07. The summed E-state index contributed by atoms with van der Waals surface area (Å²) in [6.07, 6.45) is 3.19. The standard InChI is InChI=1S/C19H17N3O4/c1-12(23)22-14-3-5-15(6-4-14)26-16-7-8-20-18(10-16)17-9-13(11-21-17)19(24)25-2/h3-11,21H,1-2H3,(H,22,23). The maximum atomic E-state index is 11.5. The molecule has 0 saturated carbocycles. The lowest BCUT2D eigenvalue weighted by Crippen LogP contribution is -2.05. The fourth-order valence-electron chi connectivity index (χ4n) is 2.35. The van der Waals surface area contributed by atoms with Gasteiger partial charge < -0.3 is 19.8 Å². The summed E-state index contributed by atoms with van der Waals surface area (Å²) in [5, 5.41) is 2.70. The number of nitrogens with zero attached hydrogens (tertiary/aromatic N) is 1. The molecule has 3 aromatic rings. The van der Waals surface area contributed by atoms with E-state index in [-0.39, 0.29) is 5.91 Å². The van der Waals surface area contributed by atoms with Gasteiger partial charge in [-0.2, -0.15) is 0 Å². The summed E-state index contributed by atoms with van der Waals surface area (Å²) < 4.78 is 10.5. The Bertz CT molecular complexity index is 932. The third-order valence-electron chi connectivity index (χ3n) is 3.52. The van der Waals surface area contributed by atoms with Gasteiger partial charge in [-0.1, -0.05) is 0 Å². The molecular formula is C19H17N3O4. The van der Waals surface area contributed by atoms with Crippen molar-refractivity contribution in [2.45, 2.75) is 6.92 Å². The summed E-state index contributed by atoms with van der Waals surface area (Å²) >= 11 is 0. The Morgan fingerprint density at radius 2 is 1.85 bits per heavy atom. The number of amides is 1. The summed E-state index contributed by atoms with van der Waals surface area (Å²) in [6.45, 7) is 1.45. The van der Waals surface area contributed by atoms with Crippen LogP contribution in [0.5, 0.6) is 11.5 Å². The number of benzene rings is 1. The maximum absolute atomic E-state index is 11.5. The Morgan fingerprint density at radius 3 is 2.54 bits per heavy atom. The summed E-state index contributed by atoms with van der Waals surface area (Å²) in [4.78, 5) is 29.9. The number of pyridine rings is 1. The molecule has 1 aromatic carbocycles. The highest BCUT2D eigenvalue weighted by atomic mass is 16.5. The Hall–Kier alpha value is -3.61. The van der Waals surface area contributed by atoms with Crippen molar-refractivity contribution < 1.29 is 19.1 Å².